The fraction of sp³-hybridized carbons (Fsp3) is 0.429. The Bertz CT molecular complexity index is 1270. The SMILES string of the molecule is CN1Cc2c(C3=CCN(C4CCC(CC(=O)O)CC4)CC3)[nH]c3nccc(c23)-c2ccccc21. The zero-order chi connectivity index (χ0) is 23.2. The normalized spacial score (nSPS) is 22.9. The lowest BCUT2D eigenvalue weighted by molar-refractivity contribution is -0.138. The molecule has 2 N–H and O–H groups in total. The van der Waals surface area contributed by atoms with Gasteiger partial charge in [0.1, 0.15) is 5.65 Å². The second kappa shape index (κ2) is 8.58. The van der Waals surface area contributed by atoms with E-state index in [0.29, 0.717) is 18.4 Å². The van der Waals surface area contributed by atoms with Crippen molar-refractivity contribution in [3.05, 3.63) is 53.9 Å². The third-order valence-electron chi connectivity index (χ3n) is 8.16. The number of benzene rings is 1. The summed E-state index contributed by atoms with van der Waals surface area (Å²) in [5, 5.41) is 10.3. The van der Waals surface area contributed by atoms with Gasteiger partial charge < -0.3 is 15.0 Å². The number of hydrogen-bond donors (Lipinski definition) is 2. The van der Waals surface area contributed by atoms with Crippen molar-refractivity contribution in [3.63, 3.8) is 0 Å². The zero-order valence-electron chi connectivity index (χ0n) is 19.8. The smallest absolute Gasteiger partial charge is 0.303 e. The number of nitrogens with one attached hydrogen (secondary N) is 1. The van der Waals surface area contributed by atoms with Gasteiger partial charge >= 0.3 is 5.97 Å². The molecule has 0 saturated heterocycles. The van der Waals surface area contributed by atoms with Gasteiger partial charge in [-0.15, -0.1) is 0 Å². The van der Waals surface area contributed by atoms with E-state index in [1.54, 1.807) is 0 Å². The van der Waals surface area contributed by atoms with Crippen LogP contribution in [0.15, 0.2) is 42.6 Å². The molecule has 0 radical (unpaired) electrons. The highest BCUT2D eigenvalue weighted by Gasteiger charge is 2.30. The quantitative estimate of drug-likeness (QED) is 0.557. The topological polar surface area (TPSA) is 72.5 Å². The lowest BCUT2D eigenvalue weighted by atomic mass is 9.83. The van der Waals surface area contributed by atoms with Gasteiger partial charge in [-0.3, -0.25) is 9.69 Å². The van der Waals surface area contributed by atoms with E-state index in [1.165, 1.54) is 39.0 Å². The maximum atomic E-state index is 11.0. The number of rotatable bonds is 4. The van der Waals surface area contributed by atoms with Gasteiger partial charge in [0.2, 0.25) is 0 Å². The molecule has 3 aliphatic rings. The molecule has 6 heteroatoms. The number of aliphatic carboxylic acids is 1. The van der Waals surface area contributed by atoms with Crippen LogP contribution in [0.4, 0.5) is 5.69 Å². The van der Waals surface area contributed by atoms with E-state index < -0.39 is 5.97 Å². The van der Waals surface area contributed by atoms with Crippen LogP contribution in [0.5, 0.6) is 0 Å². The minimum Gasteiger partial charge on any atom is -0.481 e. The Morgan fingerprint density at radius 1 is 1.15 bits per heavy atom. The summed E-state index contributed by atoms with van der Waals surface area (Å²) in [6.07, 6.45) is 10.0. The number of aromatic amines is 1. The summed E-state index contributed by atoms with van der Waals surface area (Å²) < 4.78 is 0. The van der Waals surface area contributed by atoms with Crippen LogP contribution in [-0.2, 0) is 11.3 Å². The molecule has 6 nitrogen and oxygen atoms in total. The number of aromatic nitrogens is 2. The number of anilines is 1. The largest absolute Gasteiger partial charge is 0.481 e. The van der Waals surface area contributed by atoms with Crippen molar-refractivity contribution in [3.8, 4) is 11.1 Å². The molecule has 0 amide bonds. The number of carboxylic acid groups (broad SMARTS) is 1. The van der Waals surface area contributed by atoms with Gasteiger partial charge in [-0.25, -0.2) is 4.98 Å². The van der Waals surface area contributed by atoms with E-state index in [4.69, 9.17) is 10.1 Å². The molecule has 0 bridgehead atoms. The molecule has 176 valence electrons. The molecule has 1 saturated carbocycles. The summed E-state index contributed by atoms with van der Waals surface area (Å²) >= 11 is 0. The molecule has 0 unspecified atom stereocenters. The van der Waals surface area contributed by atoms with Gasteiger partial charge in [0.05, 0.1) is 0 Å². The average molecular weight is 457 g/mol. The highest BCUT2D eigenvalue weighted by Crippen LogP contribution is 2.43. The lowest BCUT2D eigenvalue weighted by Gasteiger charge is -2.38. The first-order valence-corrected chi connectivity index (χ1v) is 12.5. The number of nitrogens with zero attached hydrogens (tertiary/aromatic N) is 3. The van der Waals surface area contributed by atoms with Gasteiger partial charge in [0.15, 0.2) is 0 Å². The Morgan fingerprint density at radius 3 is 2.74 bits per heavy atom. The third kappa shape index (κ3) is 3.70. The number of fused-ring (bicyclic) bond motifs is 2. The van der Waals surface area contributed by atoms with Crippen molar-refractivity contribution < 1.29 is 9.90 Å². The number of carbonyl (C=O) groups is 1. The molecule has 1 aromatic carbocycles. The predicted molar refractivity (Wildman–Crippen MR) is 136 cm³/mol. The molecular formula is C28H32N4O2. The number of para-hydroxylation sites is 1. The Morgan fingerprint density at radius 2 is 1.97 bits per heavy atom. The number of pyridine rings is 1. The first kappa shape index (κ1) is 21.4. The number of H-pyrrole nitrogens is 1. The summed E-state index contributed by atoms with van der Waals surface area (Å²) in [7, 11) is 2.18. The lowest BCUT2D eigenvalue weighted by Crippen LogP contribution is -2.40. The molecule has 2 aliphatic heterocycles. The molecule has 4 heterocycles. The van der Waals surface area contributed by atoms with Gasteiger partial charge in [0.25, 0.3) is 0 Å². The Labute approximate surface area is 200 Å². The highest BCUT2D eigenvalue weighted by molar-refractivity contribution is 6.02. The van der Waals surface area contributed by atoms with Crippen LogP contribution in [0.25, 0.3) is 27.7 Å². The first-order valence-electron chi connectivity index (χ1n) is 12.5. The van der Waals surface area contributed by atoms with Crippen molar-refractivity contribution in [1.29, 1.82) is 0 Å². The van der Waals surface area contributed by atoms with Crippen LogP contribution < -0.4 is 4.90 Å². The van der Waals surface area contributed by atoms with Crippen LogP contribution in [0.1, 0.15) is 49.8 Å². The van der Waals surface area contributed by atoms with Gasteiger partial charge in [-0.2, -0.15) is 0 Å². The molecule has 2 aromatic heterocycles. The molecule has 3 aromatic rings. The van der Waals surface area contributed by atoms with Crippen molar-refractivity contribution in [2.75, 3.05) is 25.0 Å². The Hall–Kier alpha value is -3.12. The fourth-order valence-electron chi connectivity index (χ4n) is 6.40. The van der Waals surface area contributed by atoms with Crippen LogP contribution in [-0.4, -0.2) is 52.1 Å². The van der Waals surface area contributed by atoms with Crippen LogP contribution in [0.2, 0.25) is 0 Å². The van der Waals surface area contributed by atoms with Gasteiger partial charge in [-0.1, -0.05) is 24.3 Å². The summed E-state index contributed by atoms with van der Waals surface area (Å²) in [4.78, 5) is 24.4. The van der Waals surface area contributed by atoms with Crippen molar-refractivity contribution in [2.24, 2.45) is 5.92 Å². The average Bonchev–Trinajstić information content (AvgIpc) is 3.16. The highest BCUT2D eigenvalue weighted by atomic mass is 16.4. The van der Waals surface area contributed by atoms with E-state index in [2.05, 4.69) is 58.2 Å². The molecule has 1 fully saturated rings. The van der Waals surface area contributed by atoms with E-state index in [9.17, 15) is 4.79 Å². The van der Waals surface area contributed by atoms with Gasteiger partial charge in [0, 0.05) is 73.2 Å². The van der Waals surface area contributed by atoms with Crippen molar-refractivity contribution in [1.82, 2.24) is 14.9 Å². The molecule has 1 aliphatic carbocycles. The number of hydrogen-bond acceptors (Lipinski definition) is 4. The van der Waals surface area contributed by atoms with E-state index in [0.717, 1.165) is 57.4 Å². The molecule has 6 rings (SSSR count). The van der Waals surface area contributed by atoms with Crippen LogP contribution in [0.3, 0.4) is 0 Å². The maximum absolute atomic E-state index is 11.0. The summed E-state index contributed by atoms with van der Waals surface area (Å²) in [5.74, 6) is -0.297. The van der Waals surface area contributed by atoms with E-state index >= 15 is 0 Å². The fourth-order valence-corrected chi connectivity index (χ4v) is 6.40. The summed E-state index contributed by atoms with van der Waals surface area (Å²) in [6.45, 7) is 2.89. The van der Waals surface area contributed by atoms with E-state index in [1.807, 2.05) is 6.20 Å². The summed E-state index contributed by atoms with van der Waals surface area (Å²) in [6, 6.07) is 11.4. The minimum absolute atomic E-state index is 0.328. The monoisotopic (exact) mass is 456 g/mol. The third-order valence-corrected chi connectivity index (χ3v) is 8.16. The molecule has 0 spiro atoms. The predicted octanol–water partition coefficient (Wildman–Crippen LogP) is 5.30. The van der Waals surface area contributed by atoms with Crippen LogP contribution in [0, 0.1) is 5.92 Å². The Kier molecular flexibility index (Phi) is 5.41. The summed E-state index contributed by atoms with van der Waals surface area (Å²) in [5.41, 5.74) is 8.77. The second-order valence-corrected chi connectivity index (χ2v) is 10.2. The molecule has 0 atom stereocenters. The first-order chi connectivity index (χ1) is 16.6. The van der Waals surface area contributed by atoms with Gasteiger partial charge in [-0.05, 0) is 61.3 Å². The van der Waals surface area contributed by atoms with Crippen LogP contribution >= 0.6 is 0 Å². The zero-order valence-corrected chi connectivity index (χ0v) is 19.8. The molecular weight excluding hydrogens is 424 g/mol. The molecule has 34 heavy (non-hydrogen) atoms. The van der Waals surface area contributed by atoms with Crippen molar-refractivity contribution >= 4 is 28.3 Å². The maximum Gasteiger partial charge on any atom is 0.303 e. The second-order valence-electron chi connectivity index (χ2n) is 10.2. The van der Waals surface area contributed by atoms with E-state index in [-0.39, 0.29) is 0 Å². The number of carboxylic acids is 1. The minimum atomic E-state index is -0.654. The standard InChI is InChI=1S/C28H32N4O2/c1-31-17-23-26-22(21-4-2-3-5-24(21)31)10-13-29-28(26)30-27(23)19-11-14-32(15-12-19)20-8-6-18(7-9-20)16-25(33)34/h2-5,10-11,13,18,20H,6-9,12,14-17H2,1H3,(H,29,30)(H,33,34). The van der Waals surface area contributed by atoms with Crippen molar-refractivity contribution in [2.45, 2.75) is 51.1 Å². The Balaban J connectivity index is 1.26.